The fraction of sp³-hybridized carbons (Fsp3) is 0.300. The zero-order valence-corrected chi connectivity index (χ0v) is 7.33. The predicted molar refractivity (Wildman–Crippen MR) is 52.1 cm³/mol. The molecular weight excluding hydrogens is 164 g/mol. The first-order chi connectivity index (χ1) is 6.34. The van der Waals surface area contributed by atoms with Crippen LogP contribution in [0.3, 0.4) is 0 Å². The first kappa shape index (κ1) is 8.10. The molecule has 0 atom stereocenters. The van der Waals surface area contributed by atoms with Crippen LogP contribution in [0.15, 0.2) is 29.3 Å². The molecule has 2 rings (SSSR count). The SMILES string of the molecule is Oc1cccc(CC2=NCCN2)c1. The number of hydrogen-bond acceptors (Lipinski definition) is 3. The Balaban J connectivity index is 2.09. The third-order valence-corrected chi connectivity index (χ3v) is 2.03. The summed E-state index contributed by atoms with van der Waals surface area (Å²) in [5, 5.41) is 12.4. The van der Waals surface area contributed by atoms with E-state index in [2.05, 4.69) is 10.3 Å². The van der Waals surface area contributed by atoms with Gasteiger partial charge in [0.25, 0.3) is 0 Å². The second kappa shape index (κ2) is 3.47. The minimum absolute atomic E-state index is 0.316. The van der Waals surface area contributed by atoms with Crippen molar-refractivity contribution in [3.63, 3.8) is 0 Å². The van der Waals surface area contributed by atoms with E-state index in [0.717, 1.165) is 30.9 Å². The smallest absolute Gasteiger partial charge is 0.115 e. The van der Waals surface area contributed by atoms with E-state index in [9.17, 15) is 5.11 Å². The van der Waals surface area contributed by atoms with Gasteiger partial charge in [-0.2, -0.15) is 0 Å². The molecule has 0 amide bonds. The molecule has 0 fully saturated rings. The second-order valence-electron chi connectivity index (χ2n) is 3.10. The summed E-state index contributed by atoms with van der Waals surface area (Å²) >= 11 is 0. The lowest BCUT2D eigenvalue weighted by Crippen LogP contribution is -2.20. The van der Waals surface area contributed by atoms with E-state index in [1.165, 1.54) is 0 Å². The Bertz CT molecular complexity index is 333. The molecule has 0 saturated carbocycles. The Hall–Kier alpha value is -1.51. The lowest BCUT2D eigenvalue weighted by molar-refractivity contribution is 0.475. The van der Waals surface area contributed by atoms with E-state index in [1.54, 1.807) is 12.1 Å². The Morgan fingerprint density at radius 2 is 2.38 bits per heavy atom. The molecule has 1 heterocycles. The highest BCUT2D eigenvalue weighted by molar-refractivity contribution is 5.85. The topological polar surface area (TPSA) is 44.6 Å². The maximum atomic E-state index is 9.23. The van der Waals surface area contributed by atoms with Crippen LogP contribution in [-0.4, -0.2) is 24.0 Å². The number of nitrogens with one attached hydrogen (secondary N) is 1. The fourth-order valence-electron chi connectivity index (χ4n) is 1.43. The van der Waals surface area contributed by atoms with Crippen molar-refractivity contribution in [2.75, 3.05) is 13.1 Å². The van der Waals surface area contributed by atoms with Gasteiger partial charge in [0.05, 0.1) is 6.54 Å². The number of nitrogens with zero attached hydrogens (tertiary/aromatic N) is 1. The highest BCUT2D eigenvalue weighted by Gasteiger charge is 2.05. The van der Waals surface area contributed by atoms with Gasteiger partial charge in [-0.15, -0.1) is 0 Å². The number of phenols is 1. The summed E-state index contributed by atoms with van der Waals surface area (Å²) in [7, 11) is 0. The van der Waals surface area contributed by atoms with Gasteiger partial charge in [-0.25, -0.2) is 0 Å². The van der Waals surface area contributed by atoms with Crippen LogP contribution in [0.2, 0.25) is 0 Å². The van der Waals surface area contributed by atoms with E-state index >= 15 is 0 Å². The molecule has 0 bridgehead atoms. The van der Waals surface area contributed by atoms with E-state index in [-0.39, 0.29) is 0 Å². The molecule has 0 aromatic heterocycles. The molecule has 2 N–H and O–H groups in total. The third kappa shape index (κ3) is 1.99. The van der Waals surface area contributed by atoms with Gasteiger partial charge in [-0.3, -0.25) is 4.99 Å². The summed E-state index contributed by atoms with van der Waals surface area (Å²) in [5.41, 5.74) is 1.09. The summed E-state index contributed by atoms with van der Waals surface area (Å²) < 4.78 is 0. The molecule has 0 unspecified atom stereocenters. The zero-order chi connectivity index (χ0) is 9.10. The molecule has 0 saturated heterocycles. The van der Waals surface area contributed by atoms with Crippen LogP contribution in [-0.2, 0) is 6.42 Å². The number of aromatic hydroxyl groups is 1. The molecule has 0 radical (unpaired) electrons. The molecule has 13 heavy (non-hydrogen) atoms. The van der Waals surface area contributed by atoms with Gasteiger partial charge in [0.15, 0.2) is 0 Å². The summed E-state index contributed by atoms with van der Waals surface area (Å²) in [6, 6.07) is 7.28. The first-order valence-corrected chi connectivity index (χ1v) is 4.40. The molecular formula is C10H12N2O. The monoisotopic (exact) mass is 176 g/mol. The average Bonchev–Trinajstić information content (AvgIpc) is 2.57. The molecule has 0 aliphatic carbocycles. The number of amidine groups is 1. The third-order valence-electron chi connectivity index (χ3n) is 2.03. The lowest BCUT2D eigenvalue weighted by Gasteiger charge is -2.02. The van der Waals surface area contributed by atoms with Crippen LogP contribution in [0.5, 0.6) is 5.75 Å². The molecule has 68 valence electrons. The van der Waals surface area contributed by atoms with Gasteiger partial charge in [-0.1, -0.05) is 12.1 Å². The number of rotatable bonds is 2. The maximum absolute atomic E-state index is 9.23. The van der Waals surface area contributed by atoms with Gasteiger partial charge in [0.1, 0.15) is 11.6 Å². The van der Waals surface area contributed by atoms with E-state index < -0.39 is 0 Å². The van der Waals surface area contributed by atoms with Crippen molar-refractivity contribution < 1.29 is 5.11 Å². The second-order valence-corrected chi connectivity index (χ2v) is 3.10. The Labute approximate surface area is 77.1 Å². The number of aliphatic imine (C=N–C) groups is 1. The average molecular weight is 176 g/mol. The minimum atomic E-state index is 0.316. The minimum Gasteiger partial charge on any atom is -0.508 e. The van der Waals surface area contributed by atoms with Gasteiger partial charge >= 0.3 is 0 Å². The normalized spacial score (nSPS) is 15.2. The lowest BCUT2D eigenvalue weighted by atomic mass is 10.1. The maximum Gasteiger partial charge on any atom is 0.115 e. The summed E-state index contributed by atoms with van der Waals surface area (Å²) in [6.07, 6.45) is 0.786. The first-order valence-electron chi connectivity index (χ1n) is 4.40. The molecule has 0 spiro atoms. The fourth-order valence-corrected chi connectivity index (χ4v) is 1.43. The van der Waals surface area contributed by atoms with Crippen molar-refractivity contribution in [1.29, 1.82) is 0 Å². The summed E-state index contributed by atoms with van der Waals surface area (Å²) in [5.74, 6) is 1.33. The largest absolute Gasteiger partial charge is 0.508 e. The molecule has 1 aromatic rings. The van der Waals surface area contributed by atoms with Gasteiger partial charge < -0.3 is 10.4 Å². The van der Waals surface area contributed by atoms with Crippen LogP contribution in [0.25, 0.3) is 0 Å². The summed E-state index contributed by atoms with van der Waals surface area (Å²) in [6.45, 7) is 1.81. The number of phenolic OH excluding ortho intramolecular Hbond substituents is 1. The zero-order valence-electron chi connectivity index (χ0n) is 7.33. The van der Waals surface area contributed by atoms with E-state index in [0.29, 0.717) is 5.75 Å². The molecule has 1 aliphatic rings. The Morgan fingerprint density at radius 3 is 3.08 bits per heavy atom. The highest BCUT2D eigenvalue weighted by Crippen LogP contribution is 2.11. The van der Waals surface area contributed by atoms with Gasteiger partial charge in [0.2, 0.25) is 0 Å². The predicted octanol–water partition coefficient (Wildman–Crippen LogP) is 0.936. The molecule has 3 nitrogen and oxygen atoms in total. The van der Waals surface area contributed by atoms with Gasteiger partial charge in [-0.05, 0) is 17.7 Å². The van der Waals surface area contributed by atoms with Crippen LogP contribution >= 0.6 is 0 Å². The standard InChI is InChI=1S/C10H12N2O/c13-9-3-1-2-8(6-9)7-10-11-4-5-12-10/h1-3,6,13H,4-5,7H2,(H,11,12). The Kier molecular flexibility index (Phi) is 2.17. The van der Waals surface area contributed by atoms with Crippen LogP contribution < -0.4 is 5.32 Å². The van der Waals surface area contributed by atoms with Crippen molar-refractivity contribution in [2.45, 2.75) is 6.42 Å². The van der Waals surface area contributed by atoms with Gasteiger partial charge in [0, 0.05) is 13.0 Å². The van der Waals surface area contributed by atoms with Crippen LogP contribution in [0.4, 0.5) is 0 Å². The molecule has 1 aliphatic heterocycles. The number of benzene rings is 1. The number of hydrogen-bond donors (Lipinski definition) is 2. The van der Waals surface area contributed by atoms with E-state index in [4.69, 9.17) is 0 Å². The van der Waals surface area contributed by atoms with E-state index in [1.807, 2.05) is 12.1 Å². The van der Waals surface area contributed by atoms with Crippen molar-refractivity contribution in [2.24, 2.45) is 4.99 Å². The van der Waals surface area contributed by atoms with Crippen molar-refractivity contribution >= 4 is 5.84 Å². The highest BCUT2D eigenvalue weighted by atomic mass is 16.3. The molecule has 3 heteroatoms. The molecule has 1 aromatic carbocycles. The van der Waals surface area contributed by atoms with Crippen molar-refractivity contribution in [3.8, 4) is 5.75 Å². The van der Waals surface area contributed by atoms with Crippen molar-refractivity contribution in [1.82, 2.24) is 5.32 Å². The quantitative estimate of drug-likeness (QED) is 0.704. The van der Waals surface area contributed by atoms with Crippen LogP contribution in [0.1, 0.15) is 5.56 Å². The Morgan fingerprint density at radius 1 is 1.46 bits per heavy atom. The summed E-state index contributed by atoms with van der Waals surface area (Å²) in [4.78, 5) is 4.28. The van der Waals surface area contributed by atoms with Crippen LogP contribution in [0, 0.1) is 0 Å². The van der Waals surface area contributed by atoms with Crippen molar-refractivity contribution in [3.05, 3.63) is 29.8 Å².